The fraction of sp³-hybridized carbons (Fsp3) is 0.0500. The first-order valence-electron chi connectivity index (χ1n) is 8.26. The van der Waals surface area contributed by atoms with Gasteiger partial charge < -0.3 is 10.6 Å². The Morgan fingerprint density at radius 2 is 1.75 bits per heavy atom. The zero-order chi connectivity index (χ0) is 20.1. The molecular weight excluding hydrogens is 385 g/mol. The number of benzene rings is 3. The summed E-state index contributed by atoms with van der Waals surface area (Å²) in [7, 11) is 0. The number of carbonyl (C=O) groups excluding carboxylic acids is 1. The Morgan fingerprint density at radius 3 is 2.43 bits per heavy atom. The van der Waals surface area contributed by atoms with E-state index in [4.69, 9.17) is 11.6 Å². The van der Waals surface area contributed by atoms with Gasteiger partial charge in [0.25, 0.3) is 11.6 Å². The third kappa shape index (κ3) is 4.63. The molecule has 0 radical (unpaired) electrons. The number of amides is 1. The van der Waals surface area contributed by atoms with Crippen molar-refractivity contribution < 1.29 is 14.1 Å². The molecule has 0 aliphatic heterocycles. The lowest BCUT2D eigenvalue weighted by molar-refractivity contribution is -0.384. The van der Waals surface area contributed by atoms with Gasteiger partial charge in [0.2, 0.25) is 0 Å². The molecule has 0 fully saturated rings. The molecule has 142 valence electrons. The lowest BCUT2D eigenvalue weighted by Crippen LogP contribution is -2.14. The molecule has 0 bridgehead atoms. The van der Waals surface area contributed by atoms with Crippen LogP contribution in [0.2, 0.25) is 5.02 Å². The van der Waals surface area contributed by atoms with Crippen LogP contribution in [0.5, 0.6) is 0 Å². The Labute approximate surface area is 165 Å². The van der Waals surface area contributed by atoms with Gasteiger partial charge in [-0.3, -0.25) is 14.9 Å². The highest BCUT2D eigenvalue weighted by Gasteiger charge is 2.18. The normalized spacial score (nSPS) is 10.4. The van der Waals surface area contributed by atoms with E-state index in [1.165, 1.54) is 24.3 Å². The first-order valence-corrected chi connectivity index (χ1v) is 8.64. The van der Waals surface area contributed by atoms with Crippen LogP contribution in [0.3, 0.4) is 0 Å². The van der Waals surface area contributed by atoms with Gasteiger partial charge >= 0.3 is 0 Å². The van der Waals surface area contributed by atoms with E-state index in [9.17, 15) is 19.3 Å². The average molecular weight is 400 g/mol. The minimum atomic E-state index is -0.698. The van der Waals surface area contributed by atoms with Crippen molar-refractivity contribution >= 4 is 34.6 Å². The fourth-order valence-electron chi connectivity index (χ4n) is 2.55. The van der Waals surface area contributed by atoms with Crippen molar-refractivity contribution in [2.24, 2.45) is 0 Å². The Balaban J connectivity index is 1.79. The molecule has 0 atom stereocenters. The number of carbonyl (C=O) groups is 1. The topological polar surface area (TPSA) is 84.3 Å². The van der Waals surface area contributed by atoms with Crippen LogP contribution in [0.1, 0.15) is 15.9 Å². The van der Waals surface area contributed by atoms with E-state index in [-0.39, 0.29) is 27.6 Å². The highest BCUT2D eigenvalue weighted by atomic mass is 35.5. The van der Waals surface area contributed by atoms with Gasteiger partial charge in [0, 0.05) is 23.2 Å². The Bertz CT molecular complexity index is 1030. The lowest BCUT2D eigenvalue weighted by atomic mass is 10.1. The second-order valence-corrected chi connectivity index (χ2v) is 6.34. The van der Waals surface area contributed by atoms with Crippen LogP contribution >= 0.6 is 11.6 Å². The molecule has 3 aromatic carbocycles. The van der Waals surface area contributed by atoms with Crippen LogP contribution in [-0.4, -0.2) is 10.8 Å². The van der Waals surface area contributed by atoms with Gasteiger partial charge in [-0.25, -0.2) is 4.39 Å². The summed E-state index contributed by atoms with van der Waals surface area (Å²) in [5.41, 5.74) is 0.953. The van der Waals surface area contributed by atoms with E-state index in [2.05, 4.69) is 10.6 Å². The number of nitro groups is 1. The summed E-state index contributed by atoms with van der Waals surface area (Å²) in [6.45, 7) is 0.392. The van der Waals surface area contributed by atoms with Gasteiger partial charge in [0.15, 0.2) is 0 Å². The molecule has 0 saturated heterocycles. The summed E-state index contributed by atoms with van der Waals surface area (Å²) in [5.74, 6) is -1.37. The van der Waals surface area contributed by atoms with Crippen molar-refractivity contribution in [1.82, 2.24) is 0 Å². The predicted molar refractivity (Wildman–Crippen MR) is 106 cm³/mol. The summed E-state index contributed by atoms with van der Waals surface area (Å²) in [5, 5.41) is 17.0. The number of anilines is 2. The maximum Gasteiger partial charge on any atom is 0.293 e. The number of hydrogen-bond donors (Lipinski definition) is 2. The second-order valence-electron chi connectivity index (χ2n) is 5.91. The number of hydrogen-bond acceptors (Lipinski definition) is 4. The highest BCUT2D eigenvalue weighted by molar-refractivity contribution is 6.30. The molecule has 0 aromatic heterocycles. The summed E-state index contributed by atoms with van der Waals surface area (Å²) in [6.07, 6.45) is 0. The summed E-state index contributed by atoms with van der Waals surface area (Å²) < 4.78 is 13.8. The molecule has 0 unspecified atom stereocenters. The van der Waals surface area contributed by atoms with E-state index in [1.807, 2.05) is 30.3 Å². The van der Waals surface area contributed by atoms with Crippen molar-refractivity contribution in [2.45, 2.75) is 6.54 Å². The van der Waals surface area contributed by atoms with E-state index in [1.54, 1.807) is 0 Å². The summed E-state index contributed by atoms with van der Waals surface area (Å²) >= 11 is 5.68. The van der Waals surface area contributed by atoms with Gasteiger partial charge in [0.05, 0.1) is 10.6 Å². The lowest BCUT2D eigenvalue weighted by Gasteiger charge is -2.10. The highest BCUT2D eigenvalue weighted by Crippen LogP contribution is 2.27. The predicted octanol–water partition coefficient (Wildman–Crippen LogP) is 5.25. The number of nitrogens with one attached hydrogen (secondary N) is 2. The van der Waals surface area contributed by atoms with Gasteiger partial charge in [-0.15, -0.1) is 0 Å². The quantitative estimate of drug-likeness (QED) is 0.438. The van der Waals surface area contributed by atoms with Crippen LogP contribution in [0.25, 0.3) is 0 Å². The molecular formula is C20H15ClFN3O3. The maximum absolute atomic E-state index is 13.8. The summed E-state index contributed by atoms with van der Waals surface area (Å²) in [4.78, 5) is 23.2. The Morgan fingerprint density at radius 1 is 1.04 bits per heavy atom. The van der Waals surface area contributed by atoms with Gasteiger partial charge in [-0.05, 0) is 35.9 Å². The largest absolute Gasteiger partial charge is 0.375 e. The molecule has 1 amide bonds. The van der Waals surface area contributed by atoms with Crippen molar-refractivity contribution in [2.75, 3.05) is 10.6 Å². The minimum absolute atomic E-state index is 0.0336. The van der Waals surface area contributed by atoms with Crippen LogP contribution in [0, 0.1) is 15.9 Å². The van der Waals surface area contributed by atoms with Crippen LogP contribution < -0.4 is 10.6 Å². The van der Waals surface area contributed by atoms with E-state index in [0.29, 0.717) is 6.54 Å². The molecule has 6 nitrogen and oxygen atoms in total. The standard InChI is InChI=1S/C20H15ClFN3O3/c21-15-7-9-17(16(22)11-15)24-20(26)14-6-8-18(19(10-14)25(27)28)23-12-13-4-2-1-3-5-13/h1-11,23H,12H2,(H,24,26). The number of nitrogens with zero attached hydrogens (tertiary/aromatic N) is 1. The van der Waals surface area contributed by atoms with Crippen LogP contribution in [0.15, 0.2) is 66.7 Å². The second kappa shape index (κ2) is 8.49. The third-order valence-electron chi connectivity index (χ3n) is 3.96. The van der Waals surface area contributed by atoms with Crippen molar-refractivity contribution in [3.63, 3.8) is 0 Å². The molecule has 0 aliphatic rings. The number of halogens is 2. The molecule has 2 N–H and O–H groups in total. The molecule has 0 saturated carbocycles. The zero-order valence-corrected chi connectivity index (χ0v) is 15.2. The third-order valence-corrected chi connectivity index (χ3v) is 4.20. The smallest absolute Gasteiger partial charge is 0.293 e. The first-order chi connectivity index (χ1) is 13.4. The molecule has 0 spiro atoms. The average Bonchev–Trinajstić information content (AvgIpc) is 2.69. The molecule has 3 rings (SSSR count). The maximum atomic E-state index is 13.8. The number of rotatable bonds is 6. The minimum Gasteiger partial charge on any atom is -0.375 e. The first kappa shape index (κ1) is 19.3. The van der Waals surface area contributed by atoms with Crippen LogP contribution in [0.4, 0.5) is 21.5 Å². The Hall–Kier alpha value is -3.45. The molecule has 8 heteroatoms. The van der Waals surface area contributed by atoms with E-state index < -0.39 is 16.6 Å². The van der Waals surface area contributed by atoms with E-state index >= 15 is 0 Å². The SMILES string of the molecule is O=C(Nc1ccc(Cl)cc1F)c1ccc(NCc2ccccc2)c([N+](=O)[O-])c1. The molecule has 0 heterocycles. The Kier molecular flexibility index (Phi) is 5.86. The van der Waals surface area contributed by atoms with Crippen molar-refractivity contribution in [3.05, 3.63) is 98.8 Å². The van der Waals surface area contributed by atoms with Gasteiger partial charge in [-0.2, -0.15) is 0 Å². The van der Waals surface area contributed by atoms with Gasteiger partial charge in [-0.1, -0.05) is 41.9 Å². The molecule has 28 heavy (non-hydrogen) atoms. The van der Waals surface area contributed by atoms with Gasteiger partial charge in [0.1, 0.15) is 11.5 Å². The van der Waals surface area contributed by atoms with Crippen molar-refractivity contribution in [3.8, 4) is 0 Å². The van der Waals surface area contributed by atoms with Crippen molar-refractivity contribution in [1.29, 1.82) is 0 Å². The molecule has 3 aromatic rings. The summed E-state index contributed by atoms with van der Waals surface area (Å²) in [6, 6.07) is 17.2. The number of nitro benzene ring substituents is 1. The fourth-order valence-corrected chi connectivity index (χ4v) is 2.71. The molecule has 0 aliphatic carbocycles. The van der Waals surface area contributed by atoms with Crippen LogP contribution in [-0.2, 0) is 6.54 Å². The van der Waals surface area contributed by atoms with E-state index in [0.717, 1.165) is 17.7 Å². The monoisotopic (exact) mass is 399 g/mol. The zero-order valence-electron chi connectivity index (χ0n) is 14.5.